The van der Waals surface area contributed by atoms with Gasteiger partial charge in [-0.3, -0.25) is 9.59 Å². The Morgan fingerprint density at radius 2 is 1.54 bits per heavy atom. The molecule has 5 nitrogen and oxygen atoms in total. The van der Waals surface area contributed by atoms with E-state index >= 15 is 0 Å². The van der Waals surface area contributed by atoms with E-state index in [1.54, 1.807) is 24.3 Å². The van der Waals surface area contributed by atoms with Crippen molar-refractivity contribution in [1.82, 2.24) is 5.32 Å². The number of carboxylic acids is 1. The fourth-order valence-corrected chi connectivity index (χ4v) is 3.73. The molecule has 148 valence electrons. The molecule has 1 amide bonds. The molecule has 6 heteroatoms. The first-order chi connectivity index (χ1) is 13.4. The van der Waals surface area contributed by atoms with Crippen LogP contribution in [0.15, 0.2) is 60.7 Å². The van der Waals surface area contributed by atoms with Crippen LogP contribution in [-0.2, 0) is 16.0 Å². The fourth-order valence-electron chi connectivity index (χ4n) is 2.75. The van der Waals surface area contributed by atoms with Crippen molar-refractivity contribution in [3.8, 4) is 0 Å². The highest BCUT2D eigenvalue weighted by atomic mass is 32.2. The van der Waals surface area contributed by atoms with Gasteiger partial charge in [0.1, 0.15) is 6.04 Å². The number of thioether (sulfide) groups is 1. The summed E-state index contributed by atoms with van der Waals surface area (Å²) in [7, 11) is 0. The maximum atomic E-state index is 12.9. The number of carbonyl (C=O) groups excluding carboxylic acids is 2. The summed E-state index contributed by atoms with van der Waals surface area (Å²) in [5.41, 5.74) is 1.42. The molecule has 2 atom stereocenters. The maximum absolute atomic E-state index is 12.9. The lowest BCUT2D eigenvalue weighted by Crippen LogP contribution is -2.46. The average Bonchev–Trinajstić information content (AvgIpc) is 2.68. The standard InChI is InChI=1S/C22H25NO4S/c1-15(2)13-18(21(25)26)23-20(24)19(14-16-9-5-3-6-10-16)28-22(27)17-11-7-4-8-12-17/h3-12,15,18-19H,13-14H2,1-2H3,(H,23,24)(H,25,26)/t18-,19-/m0/s1. The molecule has 0 saturated carbocycles. The number of rotatable bonds is 9. The van der Waals surface area contributed by atoms with Gasteiger partial charge in [0.15, 0.2) is 0 Å². The van der Waals surface area contributed by atoms with Gasteiger partial charge in [0.05, 0.1) is 5.25 Å². The minimum atomic E-state index is -1.07. The molecule has 0 heterocycles. The van der Waals surface area contributed by atoms with Crippen LogP contribution in [0.25, 0.3) is 0 Å². The summed E-state index contributed by atoms with van der Waals surface area (Å²) < 4.78 is 0. The number of amides is 1. The quantitative estimate of drug-likeness (QED) is 0.670. The van der Waals surface area contributed by atoms with Crippen LogP contribution in [0.3, 0.4) is 0 Å². The Kier molecular flexibility index (Phi) is 8.26. The van der Waals surface area contributed by atoms with Gasteiger partial charge >= 0.3 is 5.97 Å². The molecule has 2 aromatic rings. The Morgan fingerprint density at radius 3 is 2.07 bits per heavy atom. The lowest BCUT2D eigenvalue weighted by Gasteiger charge is -2.21. The molecule has 28 heavy (non-hydrogen) atoms. The van der Waals surface area contributed by atoms with E-state index in [2.05, 4.69) is 5.32 Å². The first-order valence-electron chi connectivity index (χ1n) is 9.20. The van der Waals surface area contributed by atoms with Gasteiger partial charge in [0, 0.05) is 5.56 Å². The number of hydrogen-bond acceptors (Lipinski definition) is 4. The van der Waals surface area contributed by atoms with Crippen LogP contribution in [0.1, 0.15) is 36.2 Å². The summed E-state index contributed by atoms with van der Waals surface area (Å²) in [6.07, 6.45) is 0.667. The predicted octanol–water partition coefficient (Wildman–Crippen LogP) is 3.79. The van der Waals surface area contributed by atoms with E-state index in [4.69, 9.17) is 0 Å². The molecule has 0 aliphatic heterocycles. The molecule has 2 N–H and O–H groups in total. The number of carboxylic acid groups (broad SMARTS) is 1. The van der Waals surface area contributed by atoms with Crippen LogP contribution in [0, 0.1) is 5.92 Å². The summed E-state index contributed by atoms with van der Waals surface area (Å²) in [6.45, 7) is 3.80. The predicted molar refractivity (Wildman–Crippen MR) is 111 cm³/mol. The molecule has 0 spiro atoms. The third kappa shape index (κ3) is 6.85. The molecule has 0 aliphatic rings. The highest BCUT2D eigenvalue weighted by Gasteiger charge is 2.28. The van der Waals surface area contributed by atoms with E-state index in [1.807, 2.05) is 50.2 Å². The maximum Gasteiger partial charge on any atom is 0.326 e. The zero-order valence-corrected chi connectivity index (χ0v) is 16.8. The van der Waals surface area contributed by atoms with Crippen LogP contribution in [0.5, 0.6) is 0 Å². The molecule has 0 saturated heterocycles. The van der Waals surface area contributed by atoms with Crippen molar-refractivity contribution in [2.75, 3.05) is 0 Å². The molecular weight excluding hydrogens is 374 g/mol. The number of nitrogens with one attached hydrogen (secondary N) is 1. The monoisotopic (exact) mass is 399 g/mol. The summed E-state index contributed by atoms with van der Waals surface area (Å²) in [4.78, 5) is 37.0. The lowest BCUT2D eigenvalue weighted by molar-refractivity contribution is -0.142. The Labute approximate surface area is 169 Å². The third-order valence-corrected chi connectivity index (χ3v) is 5.25. The highest BCUT2D eigenvalue weighted by Crippen LogP contribution is 2.22. The van der Waals surface area contributed by atoms with E-state index in [0.29, 0.717) is 18.4 Å². The second kappa shape index (κ2) is 10.7. The SMILES string of the molecule is CC(C)C[C@H](NC(=O)[C@H](Cc1ccccc1)SC(=O)c1ccccc1)C(=O)O. The van der Waals surface area contributed by atoms with Crippen molar-refractivity contribution in [2.24, 2.45) is 5.92 Å². The van der Waals surface area contributed by atoms with Gasteiger partial charge in [-0.25, -0.2) is 4.79 Å². The van der Waals surface area contributed by atoms with Crippen molar-refractivity contribution in [1.29, 1.82) is 0 Å². The minimum Gasteiger partial charge on any atom is -0.480 e. The van der Waals surface area contributed by atoms with Gasteiger partial charge in [-0.15, -0.1) is 0 Å². The van der Waals surface area contributed by atoms with E-state index in [0.717, 1.165) is 17.3 Å². The molecular formula is C22H25NO4S. The molecule has 0 bridgehead atoms. The highest BCUT2D eigenvalue weighted by molar-refractivity contribution is 8.15. The Bertz CT molecular complexity index is 793. The average molecular weight is 400 g/mol. The second-order valence-corrected chi connectivity index (χ2v) is 8.15. The third-order valence-electron chi connectivity index (χ3n) is 4.14. The lowest BCUT2D eigenvalue weighted by atomic mass is 10.0. The zero-order valence-electron chi connectivity index (χ0n) is 16.0. The van der Waals surface area contributed by atoms with Crippen molar-refractivity contribution in [3.05, 3.63) is 71.8 Å². The molecule has 0 unspecified atom stereocenters. The van der Waals surface area contributed by atoms with E-state index in [-0.39, 0.29) is 11.0 Å². The largest absolute Gasteiger partial charge is 0.480 e. The topological polar surface area (TPSA) is 83.5 Å². The molecule has 0 radical (unpaired) electrons. The molecule has 2 rings (SSSR count). The summed E-state index contributed by atoms with van der Waals surface area (Å²) in [5.74, 6) is -1.39. The first kappa shape index (κ1) is 21.7. The van der Waals surface area contributed by atoms with Gasteiger partial charge < -0.3 is 10.4 Å². The molecule has 0 fully saturated rings. The number of benzene rings is 2. The molecule has 0 aromatic heterocycles. The molecule has 2 aromatic carbocycles. The van der Waals surface area contributed by atoms with Crippen LogP contribution < -0.4 is 5.32 Å². The minimum absolute atomic E-state index is 0.118. The summed E-state index contributed by atoms with van der Waals surface area (Å²) >= 11 is 0.929. The van der Waals surface area contributed by atoms with Gasteiger partial charge in [-0.05, 0) is 24.3 Å². The Balaban J connectivity index is 2.17. The van der Waals surface area contributed by atoms with Crippen LogP contribution in [0.2, 0.25) is 0 Å². The zero-order chi connectivity index (χ0) is 20.5. The van der Waals surface area contributed by atoms with Gasteiger partial charge in [-0.2, -0.15) is 0 Å². The van der Waals surface area contributed by atoms with Gasteiger partial charge in [0.25, 0.3) is 0 Å². The van der Waals surface area contributed by atoms with Crippen molar-refractivity contribution in [2.45, 2.75) is 38.0 Å². The van der Waals surface area contributed by atoms with Crippen LogP contribution >= 0.6 is 11.8 Å². The number of carbonyl (C=O) groups is 3. The van der Waals surface area contributed by atoms with Crippen molar-refractivity contribution in [3.63, 3.8) is 0 Å². The second-order valence-electron chi connectivity index (χ2n) is 6.98. The summed E-state index contributed by atoms with van der Waals surface area (Å²) in [5, 5.41) is 11.1. The van der Waals surface area contributed by atoms with Crippen LogP contribution in [0.4, 0.5) is 0 Å². The normalized spacial score (nSPS) is 13.0. The Hall–Kier alpha value is -2.60. The first-order valence-corrected chi connectivity index (χ1v) is 10.1. The van der Waals surface area contributed by atoms with Crippen LogP contribution in [-0.4, -0.2) is 33.4 Å². The van der Waals surface area contributed by atoms with Gasteiger partial charge in [-0.1, -0.05) is 86.3 Å². The fraction of sp³-hybridized carbons (Fsp3) is 0.318. The smallest absolute Gasteiger partial charge is 0.326 e. The molecule has 0 aliphatic carbocycles. The number of aliphatic carboxylic acids is 1. The van der Waals surface area contributed by atoms with E-state index in [1.165, 1.54) is 0 Å². The van der Waals surface area contributed by atoms with E-state index in [9.17, 15) is 19.5 Å². The van der Waals surface area contributed by atoms with Gasteiger partial charge in [0.2, 0.25) is 11.0 Å². The number of hydrogen-bond donors (Lipinski definition) is 2. The van der Waals surface area contributed by atoms with E-state index < -0.39 is 23.2 Å². The Morgan fingerprint density at radius 1 is 0.964 bits per heavy atom. The summed E-state index contributed by atoms with van der Waals surface area (Å²) in [6, 6.07) is 17.2. The van der Waals surface area contributed by atoms with Crippen molar-refractivity contribution >= 4 is 28.8 Å². The van der Waals surface area contributed by atoms with Crippen molar-refractivity contribution < 1.29 is 19.5 Å².